The first-order chi connectivity index (χ1) is 9.58. The van der Waals surface area contributed by atoms with Crippen LogP contribution in [0.2, 0.25) is 0 Å². The summed E-state index contributed by atoms with van der Waals surface area (Å²) in [5, 5.41) is 31.7. The summed E-state index contributed by atoms with van der Waals surface area (Å²) in [4.78, 5) is 11.9. The lowest BCUT2D eigenvalue weighted by Crippen LogP contribution is -2.32. The van der Waals surface area contributed by atoms with Gasteiger partial charge in [-0.3, -0.25) is 4.79 Å². The van der Waals surface area contributed by atoms with E-state index >= 15 is 0 Å². The minimum Gasteiger partial charge on any atom is -0.508 e. The van der Waals surface area contributed by atoms with Crippen molar-refractivity contribution in [3.63, 3.8) is 0 Å². The third-order valence-electron chi connectivity index (χ3n) is 3.33. The smallest absolute Gasteiger partial charge is 0.249 e. The van der Waals surface area contributed by atoms with Gasteiger partial charge in [-0.05, 0) is 24.6 Å². The first kappa shape index (κ1) is 13.6. The highest BCUT2D eigenvalue weighted by atomic mass is 16.3. The highest BCUT2D eigenvalue weighted by molar-refractivity contribution is 6.07. The molecule has 6 nitrogen and oxygen atoms in total. The monoisotopic (exact) mass is 268 g/mol. The first-order valence-corrected chi connectivity index (χ1v) is 6.00. The molecule has 0 aromatic heterocycles. The molecule has 2 N–H and O–H groups in total. The highest BCUT2D eigenvalue weighted by Crippen LogP contribution is 2.36. The zero-order valence-electron chi connectivity index (χ0n) is 10.7. The number of hydrogen-bond acceptors (Lipinski definition) is 5. The number of nitriles is 2. The fourth-order valence-electron chi connectivity index (χ4n) is 2.39. The van der Waals surface area contributed by atoms with Crippen molar-refractivity contribution in [1.82, 2.24) is 5.43 Å². The van der Waals surface area contributed by atoms with E-state index in [-0.39, 0.29) is 11.7 Å². The number of phenolic OH excluding ortho intramolecular Hbond substituents is 1. The van der Waals surface area contributed by atoms with Crippen LogP contribution in [0, 0.1) is 34.5 Å². The Morgan fingerprint density at radius 3 is 2.60 bits per heavy atom. The van der Waals surface area contributed by atoms with E-state index in [0.717, 1.165) is 0 Å². The van der Waals surface area contributed by atoms with E-state index in [0.29, 0.717) is 11.3 Å². The molecule has 0 radical (unpaired) electrons. The quantitative estimate of drug-likeness (QED) is 0.859. The van der Waals surface area contributed by atoms with Crippen molar-refractivity contribution in [1.29, 1.82) is 10.5 Å². The van der Waals surface area contributed by atoms with Gasteiger partial charge in [0.15, 0.2) is 0 Å². The van der Waals surface area contributed by atoms with E-state index in [1.165, 1.54) is 12.1 Å². The molecule has 0 saturated carbocycles. The molecule has 0 saturated heterocycles. The molecule has 0 spiro atoms. The van der Waals surface area contributed by atoms with Gasteiger partial charge < -0.3 is 5.11 Å². The third kappa shape index (κ3) is 2.32. The second kappa shape index (κ2) is 5.41. The lowest BCUT2D eigenvalue weighted by Gasteiger charge is -2.23. The predicted molar refractivity (Wildman–Crippen MR) is 70.3 cm³/mol. The van der Waals surface area contributed by atoms with E-state index in [1.54, 1.807) is 19.1 Å². The maximum Gasteiger partial charge on any atom is 0.249 e. The van der Waals surface area contributed by atoms with Gasteiger partial charge in [-0.15, -0.1) is 0 Å². The fourth-order valence-corrected chi connectivity index (χ4v) is 2.39. The molecule has 0 bridgehead atoms. The number of phenols is 1. The van der Waals surface area contributed by atoms with Crippen molar-refractivity contribution in [2.45, 2.75) is 12.8 Å². The fraction of sp³-hybridized carbons (Fsp3) is 0.286. The van der Waals surface area contributed by atoms with Gasteiger partial charge in [0.25, 0.3) is 0 Å². The number of carbonyl (C=O) groups is 1. The molecule has 2 rings (SSSR count). The van der Waals surface area contributed by atoms with Crippen molar-refractivity contribution in [3.05, 3.63) is 29.8 Å². The number of aromatic hydroxyl groups is 1. The van der Waals surface area contributed by atoms with E-state index in [9.17, 15) is 9.90 Å². The Labute approximate surface area is 116 Å². The van der Waals surface area contributed by atoms with Gasteiger partial charge in [0.2, 0.25) is 5.91 Å². The highest BCUT2D eigenvalue weighted by Gasteiger charge is 2.40. The standard InChI is InChI=1S/C14H12N4O2/c1-8-12(14(20)18-17-8)13(10(6-15)7-16)9-3-2-4-11(19)5-9/h2-5,10,12-13,19H,1H3,(H,18,20)/t12-,13-/m0/s1. The predicted octanol–water partition coefficient (Wildman–Crippen LogP) is 1.26. The second-order valence-corrected chi connectivity index (χ2v) is 4.56. The molecule has 20 heavy (non-hydrogen) atoms. The van der Waals surface area contributed by atoms with Gasteiger partial charge in [0, 0.05) is 11.6 Å². The number of hydrogen-bond donors (Lipinski definition) is 2. The summed E-state index contributed by atoms with van der Waals surface area (Å²) in [6.45, 7) is 1.67. The Hall–Kier alpha value is -2.86. The number of benzene rings is 1. The molecule has 6 heteroatoms. The normalized spacial score (nSPS) is 18.9. The maximum atomic E-state index is 11.9. The van der Waals surface area contributed by atoms with Gasteiger partial charge in [-0.1, -0.05) is 12.1 Å². The van der Waals surface area contributed by atoms with Crippen LogP contribution in [0.4, 0.5) is 0 Å². The van der Waals surface area contributed by atoms with Crippen molar-refractivity contribution in [2.75, 3.05) is 0 Å². The molecule has 0 fully saturated rings. The van der Waals surface area contributed by atoms with Gasteiger partial charge in [0.1, 0.15) is 11.7 Å². The van der Waals surface area contributed by atoms with E-state index in [1.807, 2.05) is 12.1 Å². The first-order valence-electron chi connectivity index (χ1n) is 6.00. The molecule has 1 amide bonds. The number of carbonyl (C=O) groups excluding carboxylic acids is 1. The van der Waals surface area contributed by atoms with Crippen molar-refractivity contribution in [3.8, 4) is 17.9 Å². The average molecular weight is 268 g/mol. The number of amides is 1. The van der Waals surface area contributed by atoms with Crippen LogP contribution in [0.15, 0.2) is 29.4 Å². The number of nitrogens with zero attached hydrogens (tertiary/aromatic N) is 3. The van der Waals surface area contributed by atoms with Crippen molar-refractivity contribution < 1.29 is 9.90 Å². The Morgan fingerprint density at radius 1 is 1.40 bits per heavy atom. The maximum absolute atomic E-state index is 11.9. The van der Waals surface area contributed by atoms with Gasteiger partial charge in [-0.25, -0.2) is 5.43 Å². The summed E-state index contributed by atoms with van der Waals surface area (Å²) in [5.74, 6) is -2.67. The average Bonchev–Trinajstić information content (AvgIpc) is 2.76. The molecule has 0 unspecified atom stereocenters. The number of nitrogens with one attached hydrogen (secondary N) is 1. The Morgan fingerprint density at radius 2 is 2.10 bits per heavy atom. The van der Waals surface area contributed by atoms with Crippen LogP contribution in [0.5, 0.6) is 5.75 Å². The van der Waals surface area contributed by atoms with Crippen LogP contribution in [0.25, 0.3) is 0 Å². The minimum absolute atomic E-state index is 0.0233. The molecule has 1 heterocycles. The van der Waals surface area contributed by atoms with Crippen LogP contribution in [0.1, 0.15) is 18.4 Å². The van der Waals surface area contributed by atoms with Crippen molar-refractivity contribution in [2.24, 2.45) is 16.9 Å². The topological polar surface area (TPSA) is 109 Å². The zero-order valence-corrected chi connectivity index (χ0v) is 10.7. The van der Waals surface area contributed by atoms with E-state index < -0.39 is 17.8 Å². The molecular formula is C14H12N4O2. The Bertz CT molecular complexity index is 640. The minimum atomic E-state index is -1.00. The lowest BCUT2D eigenvalue weighted by molar-refractivity contribution is -0.122. The third-order valence-corrected chi connectivity index (χ3v) is 3.33. The van der Waals surface area contributed by atoms with Crippen LogP contribution in [0.3, 0.4) is 0 Å². The molecule has 0 aliphatic carbocycles. The van der Waals surface area contributed by atoms with Crippen LogP contribution in [-0.2, 0) is 4.79 Å². The van der Waals surface area contributed by atoms with E-state index in [2.05, 4.69) is 10.5 Å². The summed E-state index contributed by atoms with van der Waals surface area (Å²) >= 11 is 0. The van der Waals surface area contributed by atoms with E-state index in [4.69, 9.17) is 10.5 Å². The SMILES string of the molecule is CC1=NNC(=O)[C@@H]1[C@@H](c1cccc(O)c1)C(C#N)C#N. The number of hydrazone groups is 1. The molecule has 1 aromatic rings. The largest absolute Gasteiger partial charge is 0.508 e. The van der Waals surface area contributed by atoms with Crippen LogP contribution in [-0.4, -0.2) is 16.7 Å². The van der Waals surface area contributed by atoms with Gasteiger partial charge in [0.05, 0.1) is 18.1 Å². The summed E-state index contributed by atoms with van der Waals surface area (Å²) < 4.78 is 0. The zero-order chi connectivity index (χ0) is 14.7. The number of rotatable bonds is 3. The summed E-state index contributed by atoms with van der Waals surface area (Å²) in [5.41, 5.74) is 3.45. The second-order valence-electron chi connectivity index (χ2n) is 4.56. The molecular weight excluding hydrogens is 256 g/mol. The molecule has 1 aliphatic rings. The Balaban J connectivity index is 2.52. The summed E-state index contributed by atoms with van der Waals surface area (Å²) in [6.07, 6.45) is 0. The van der Waals surface area contributed by atoms with Gasteiger partial charge in [-0.2, -0.15) is 15.6 Å². The molecule has 1 aromatic carbocycles. The lowest BCUT2D eigenvalue weighted by atomic mass is 9.76. The summed E-state index contributed by atoms with van der Waals surface area (Å²) in [7, 11) is 0. The molecule has 1 aliphatic heterocycles. The Kier molecular flexibility index (Phi) is 3.67. The van der Waals surface area contributed by atoms with Crippen molar-refractivity contribution >= 4 is 11.6 Å². The van der Waals surface area contributed by atoms with Crippen LogP contribution < -0.4 is 5.43 Å². The van der Waals surface area contributed by atoms with Gasteiger partial charge >= 0.3 is 0 Å². The van der Waals surface area contributed by atoms with Crippen LogP contribution >= 0.6 is 0 Å². The molecule has 100 valence electrons. The molecule has 2 atom stereocenters. The summed E-state index contributed by atoms with van der Waals surface area (Å²) in [6, 6.07) is 10.1.